The summed E-state index contributed by atoms with van der Waals surface area (Å²) in [5.74, 6) is 0.172. The summed E-state index contributed by atoms with van der Waals surface area (Å²) in [4.78, 5) is 16.4. The topological polar surface area (TPSA) is 61.6 Å². The summed E-state index contributed by atoms with van der Waals surface area (Å²) in [6, 6.07) is -0.381. The van der Waals surface area contributed by atoms with Crippen LogP contribution in [0.25, 0.3) is 0 Å². The molecule has 5 nitrogen and oxygen atoms in total. The van der Waals surface area contributed by atoms with Crippen LogP contribution in [0.3, 0.4) is 0 Å². The molecule has 1 atom stereocenters. The van der Waals surface area contributed by atoms with Gasteiger partial charge in [-0.15, -0.1) is 0 Å². The molecule has 0 aromatic heterocycles. The Morgan fingerprint density at radius 1 is 1.28 bits per heavy atom. The van der Waals surface area contributed by atoms with E-state index in [9.17, 15) is 4.79 Å². The quantitative estimate of drug-likeness (QED) is 0.642. The van der Waals surface area contributed by atoms with Gasteiger partial charge in [0.2, 0.25) is 5.91 Å². The molecule has 1 fully saturated rings. The van der Waals surface area contributed by atoms with Crippen molar-refractivity contribution in [2.24, 2.45) is 11.7 Å². The minimum absolute atomic E-state index is 0.0247. The van der Waals surface area contributed by atoms with Crippen LogP contribution in [0.1, 0.15) is 20.3 Å². The third-order valence-corrected chi connectivity index (χ3v) is 3.57. The van der Waals surface area contributed by atoms with Gasteiger partial charge >= 0.3 is 0 Å². The summed E-state index contributed by atoms with van der Waals surface area (Å²) in [7, 11) is 2.16. The zero-order valence-corrected chi connectivity index (χ0v) is 12.0. The number of likely N-dealkylation sites (N-methyl/N-ethyl adjacent to an activating group) is 1. The van der Waals surface area contributed by atoms with E-state index in [1.54, 1.807) is 0 Å². The molecule has 0 aromatic carbocycles. The van der Waals surface area contributed by atoms with E-state index in [0.29, 0.717) is 0 Å². The third-order valence-electron chi connectivity index (χ3n) is 3.57. The zero-order valence-electron chi connectivity index (χ0n) is 12.0. The van der Waals surface area contributed by atoms with E-state index in [1.807, 2.05) is 13.8 Å². The van der Waals surface area contributed by atoms with Crippen LogP contribution in [0, 0.1) is 5.92 Å². The first-order valence-electron chi connectivity index (χ1n) is 6.95. The summed E-state index contributed by atoms with van der Waals surface area (Å²) in [6.07, 6.45) is 1.00. The fourth-order valence-electron chi connectivity index (χ4n) is 2.01. The van der Waals surface area contributed by atoms with Crippen LogP contribution < -0.4 is 11.1 Å². The molecule has 0 aliphatic carbocycles. The van der Waals surface area contributed by atoms with Gasteiger partial charge < -0.3 is 20.9 Å². The predicted octanol–water partition coefficient (Wildman–Crippen LogP) is -0.277. The second-order valence-electron chi connectivity index (χ2n) is 5.56. The molecule has 1 aliphatic heterocycles. The highest BCUT2D eigenvalue weighted by Crippen LogP contribution is 2.00. The van der Waals surface area contributed by atoms with E-state index in [4.69, 9.17) is 5.73 Å². The van der Waals surface area contributed by atoms with Gasteiger partial charge in [0.1, 0.15) is 0 Å². The molecule has 1 amide bonds. The lowest BCUT2D eigenvalue weighted by atomic mass is 10.1. The molecule has 0 radical (unpaired) electrons. The number of nitrogens with one attached hydrogen (secondary N) is 1. The lowest BCUT2D eigenvalue weighted by Gasteiger charge is -2.32. The zero-order chi connectivity index (χ0) is 13.5. The smallest absolute Gasteiger partial charge is 0.237 e. The van der Waals surface area contributed by atoms with Crippen molar-refractivity contribution < 1.29 is 4.79 Å². The van der Waals surface area contributed by atoms with Gasteiger partial charge in [0.05, 0.1) is 6.04 Å². The Bertz CT molecular complexity index is 249. The van der Waals surface area contributed by atoms with Crippen molar-refractivity contribution in [3.05, 3.63) is 0 Å². The fourth-order valence-corrected chi connectivity index (χ4v) is 2.01. The highest BCUT2D eigenvalue weighted by Gasteiger charge is 2.17. The lowest BCUT2D eigenvalue weighted by molar-refractivity contribution is -0.123. The van der Waals surface area contributed by atoms with Gasteiger partial charge in [0.25, 0.3) is 0 Å². The number of amides is 1. The maximum absolute atomic E-state index is 11.6. The molecule has 18 heavy (non-hydrogen) atoms. The normalized spacial score (nSPS) is 20.1. The lowest BCUT2D eigenvalue weighted by Crippen LogP contribution is -2.46. The predicted molar refractivity (Wildman–Crippen MR) is 74.4 cm³/mol. The Hall–Kier alpha value is -0.650. The standard InChI is InChI=1S/C13H28N4O/c1-11(2)12(14)13(18)15-5-4-6-17-9-7-16(3)8-10-17/h11-12H,4-10,14H2,1-3H3,(H,15,18)/t12-/m1/s1. The van der Waals surface area contributed by atoms with Crippen LogP contribution in [0.2, 0.25) is 0 Å². The van der Waals surface area contributed by atoms with Crippen molar-refractivity contribution in [3.8, 4) is 0 Å². The SMILES string of the molecule is CC(C)[C@@H](N)C(=O)NCCCN1CCN(C)CC1. The molecule has 0 unspecified atom stereocenters. The molecule has 0 saturated carbocycles. The average molecular weight is 256 g/mol. The van der Waals surface area contributed by atoms with Crippen LogP contribution >= 0.6 is 0 Å². The first kappa shape index (κ1) is 15.4. The second kappa shape index (κ2) is 7.71. The maximum atomic E-state index is 11.6. The Balaban J connectivity index is 2.06. The Kier molecular flexibility index (Phi) is 6.60. The van der Waals surface area contributed by atoms with E-state index in [0.717, 1.165) is 45.7 Å². The molecule has 0 aromatic rings. The number of carbonyl (C=O) groups excluding carboxylic acids is 1. The van der Waals surface area contributed by atoms with E-state index in [1.165, 1.54) is 0 Å². The minimum Gasteiger partial charge on any atom is -0.355 e. The summed E-state index contributed by atoms with van der Waals surface area (Å²) in [5, 5.41) is 2.91. The highest BCUT2D eigenvalue weighted by atomic mass is 16.2. The van der Waals surface area contributed by atoms with Gasteiger partial charge in [-0.25, -0.2) is 0 Å². The average Bonchev–Trinajstić information content (AvgIpc) is 2.35. The highest BCUT2D eigenvalue weighted by molar-refractivity contribution is 5.81. The second-order valence-corrected chi connectivity index (χ2v) is 5.56. The molecular formula is C13H28N4O. The van der Waals surface area contributed by atoms with Crippen LogP contribution in [-0.4, -0.2) is 68.1 Å². The number of hydrogen-bond acceptors (Lipinski definition) is 4. The van der Waals surface area contributed by atoms with Crippen molar-refractivity contribution in [3.63, 3.8) is 0 Å². The number of hydrogen-bond donors (Lipinski definition) is 2. The molecule has 106 valence electrons. The molecule has 1 rings (SSSR count). The molecule has 1 heterocycles. The van der Waals surface area contributed by atoms with Gasteiger partial charge in [0.15, 0.2) is 0 Å². The van der Waals surface area contributed by atoms with Crippen LogP contribution in [0.4, 0.5) is 0 Å². The number of nitrogens with zero attached hydrogens (tertiary/aromatic N) is 2. The van der Waals surface area contributed by atoms with Crippen molar-refractivity contribution in [1.29, 1.82) is 0 Å². The van der Waals surface area contributed by atoms with Crippen LogP contribution in [-0.2, 0) is 4.79 Å². The van der Waals surface area contributed by atoms with Crippen LogP contribution in [0.5, 0.6) is 0 Å². The summed E-state index contributed by atoms with van der Waals surface area (Å²) in [6.45, 7) is 10.3. The molecule has 5 heteroatoms. The minimum atomic E-state index is -0.381. The molecule has 0 bridgehead atoms. The van der Waals surface area contributed by atoms with Gasteiger partial charge in [-0.3, -0.25) is 4.79 Å². The van der Waals surface area contributed by atoms with E-state index >= 15 is 0 Å². The fraction of sp³-hybridized carbons (Fsp3) is 0.923. The Morgan fingerprint density at radius 2 is 1.89 bits per heavy atom. The van der Waals surface area contributed by atoms with Crippen molar-refractivity contribution in [2.45, 2.75) is 26.3 Å². The number of piperazine rings is 1. The molecule has 3 N–H and O–H groups in total. The Morgan fingerprint density at radius 3 is 2.44 bits per heavy atom. The van der Waals surface area contributed by atoms with Gasteiger partial charge in [0, 0.05) is 32.7 Å². The van der Waals surface area contributed by atoms with Gasteiger partial charge in [-0.05, 0) is 25.9 Å². The number of nitrogens with two attached hydrogens (primary N) is 1. The molecule has 1 aliphatic rings. The van der Waals surface area contributed by atoms with E-state index in [-0.39, 0.29) is 17.9 Å². The van der Waals surface area contributed by atoms with Gasteiger partial charge in [-0.1, -0.05) is 13.8 Å². The number of carbonyl (C=O) groups is 1. The molecule has 0 spiro atoms. The van der Waals surface area contributed by atoms with E-state index in [2.05, 4.69) is 22.2 Å². The van der Waals surface area contributed by atoms with Crippen molar-refractivity contribution in [2.75, 3.05) is 46.3 Å². The largest absolute Gasteiger partial charge is 0.355 e. The summed E-state index contributed by atoms with van der Waals surface area (Å²) in [5.41, 5.74) is 5.77. The first-order chi connectivity index (χ1) is 8.50. The number of rotatable bonds is 6. The van der Waals surface area contributed by atoms with E-state index < -0.39 is 0 Å². The third kappa shape index (κ3) is 5.33. The molecular weight excluding hydrogens is 228 g/mol. The Labute approximate surface area is 111 Å². The van der Waals surface area contributed by atoms with Gasteiger partial charge in [-0.2, -0.15) is 0 Å². The van der Waals surface area contributed by atoms with Crippen LogP contribution in [0.15, 0.2) is 0 Å². The van der Waals surface area contributed by atoms with Crippen molar-refractivity contribution in [1.82, 2.24) is 15.1 Å². The first-order valence-corrected chi connectivity index (χ1v) is 6.95. The maximum Gasteiger partial charge on any atom is 0.237 e. The summed E-state index contributed by atoms with van der Waals surface area (Å²) < 4.78 is 0. The van der Waals surface area contributed by atoms with Crippen molar-refractivity contribution >= 4 is 5.91 Å². The monoisotopic (exact) mass is 256 g/mol. The molecule has 1 saturated heterocycles. The summed E-state index contributed by atoms with van der Waals surface area (Å²) >= 11 is 0.